The van der Waals surface area contributed by atoms with Gasteiger partial charge in [-0.2, -0.15) is 0 Å². The van der Waals surface area contributed by atoms with Gasteiger partial charge >= 0.3 is 6.16 Å². The Morgan fingerprint density at radius 3 is 0.727 bits per heavy atom. The summed E-state index contributed by atoms with van der Waals surface area (Å²) in [5.74, 6) is 0. The molecule has 0 saturated heterocycles. The van der Waals surface area contributed by atoms with Crippen LogP contribution < -0.4 is 0 Å². The van der Waals surface area contributed by atoms with Crippen molar-refractivity contribution in [1.82, 2.24) is 0 Å². The maximum atomic E-state index is 8.56. The SMILES string of the molecule is O.O.O.O.O.O.O=C(O)O.[Y]. The summed E-state index contributed by atoms with van der Waals surface area (Å²) in [6.07, 6.45) is -1.83. The van der Waals surface area contributed by atoms with E-state index in [1.165, 1.54) is 0 Å². The molecule has 0 aliphatic heterocycles. The molecule has 75 valence electrons. The average molecular weight is 259 g/mol. The smallest absolute Gasteiger partial charge is 0.450 e. The van der Waals surface area contributed by atoms with E-state index in [1.54, 1.807) is 0 Å². The zero-order valence-corrected chi connectivity index (χ0v) is 8.22. The van der Waals surface area contributed by atoms with Crippen molar-refractivity contribution in [2.75, 3.05) is 0 Å². The second-order valence-corrected chi connectivity index (χ2v) is 0.283. The minimum absolute atomic E-state index is 0. The van der Waals surface area contributed by atoms with Crippen molar-refractivity contribution in [2.24, 2.45) is 0 Å². The molecule has 0 atom stereocenters. The predicted molar refractivity (Wildman–Crippen MR) is 32.3 cm³/mol. The van der Waals surface area contributed by atoms with Gasteiger partial charge in [0.1, 0.15) is 0 Å². The third kappa shape index (κ3) is 37400. The van der Waals surface area contributed by atoms with Crippen molar-refractivity contribution >= 4 is 6.16 Å². The number of rotatable bonds is 0. The molecule has 14 N–H and O–H groups in total. The molecule has 0 spiro atoms. The number of hydrogen-bond donors (Lipinski definition) is 2. The van der Waals surface area contributed by atoms with Crippen LogP contribution in [0.5, 0.6) is 0 Å². The Morgan fingerprint density at radius 2 is 0.727 bits per heavy atom. The van der Waals surface area contributed by atoms with Crippen LogP contribution in [0.3, 0.4) is 0 Å². The fraction of sp³-hybridized carbons (Fsp3) is 0. The summed E-state index contributed by atoms with van der Waals surface area (Å²) in [6.45, 7) is 0. The van der Waals surface area contributed by atoms with E-state index in [0.717, 1.165) is 0 Å². The van der Waals surface area contributed by atoms with Gasteiger partial charge in [-0.3, -0.25) is 0 Å². The van der Waals surface area contributed by atoms with E-state index in [9.17, 15) is 0 Å². The maximum Gasteiger partial charge on any atom is 0.503 e. The summed E-state index contributed by atoms with van der Waals surface area (Å²) in [4.78, 5) is 8.56. The summed E-state index contributed by atoms with van der Waals surface area (Å²) in [5.41, 5.74) is 0. The molecule has 0 fully saturated rings. The van der Waals surface area contributed by atoms with Crippen LogP contribution in [0.1, 0.15) is 0 Å². The molecule has 0 aromatic heterocycles. The van der Waals surface area contributed by atoms with Crippen LogP contribution in [0.4, 0.5) is 4.79 Å². The molecule has 9 nitrogen and oxygen atoms in total. The second-order valence-electron chi connectivity index (χ2n) is 0.283. The molecule has 0 amide bonds. The van der Waals surface area contributed by atoms with E-state index < -0.39 is 6.16 Å². The summed E-state index contributed by atoms with van der Waals surface area (Å²) in [6, 6.07) is 0. The van der Waals surface area contributed by atoms with E-state index in [1.807, 2.05) is 0 Å². The molecule has 0 bridgehead atoms. The predicted octanol–water partition coefficient (Wildman–Crippen LogP) is -4.73. The van der Waals surface area contributed by atoms with Crippen molar-refractivity contribution < 1.29 is 80.6 Å². The average Bonchev–Trinajstić information content (AvgIpc) is 0.811. The van der Waals surface area contributed by atoms with Gasteiger partial charge in [0, 0.05) is 32.7 Å². The van der Waals surface area contributed by atoms with E-state index in [-0.39, 0.29) is 65.6 Å². The first-order chi connectivity index (χ1) is 1.73. The van der Waals surface area contributed by atoms with Gasteiger partial charge in [-0.05, 0) is 0 Å². The first-order valence-corrected chi connectivity index (χ1v) is 0.651. The van der Waals surface area contributed by atoms with Gasteiger partial charge < -0.3 is 43.1 Å². The van der Waals surface area contributed by atoms with Crippen LogP contribution in [0.15, 0.2) is 0 Å². The fourth-order valence-electron chi connectivity index (χ4n) is 0. The quantitative estimate of drug-likeness (QED) is 0.435. The first-order valence-electron chi connectivity index (χ1n) is 0.651. The summed E-state index contributed by atoms with van der Waals surface area (Å²) < 4.78 is 0. The van der Waals surface area contributed by atoms with Crippen LogP contribution in [0.25, 0.3) is 0 Å². The normalized spacial score (nSPS) is 2.18. The maximum absolute atomic E-state index is 8.56. The van der Waals surface area contributed by atoms with Gasteiger partial charge in [-0.25, -0.2) is 4.79 Å². The third-order valence-corrected chi connectivity index (χ3v) is 0. The van der Waals surface area contributed by atoms with Gasteiger partial charge in [0.25, 0.3) is 0 Å². The topological polar surface area (TPSA) is 247 Å². The van der Waals surface area contributed by atoms with Gasteiger partial charge in [-0.15, -0.1) is 0 Å². The fourth-order valence-corrected chi connectivity index (χ4v) is 0. The summed E-state index contributed by atoms with van der Waals surface area (Å²) in [7, 11) is 0. The summed E-state index contributed by atoms with van der Waals surface area (Å²) >= 11 is 0. The zero-order chi connectivity index (χ0) is 3.58. The molecular formula is CH14O9Y. The molecule has 10 heteroatoms. The Balaban J connectivity index is -0.00000000214. The molecule has 1 radical (unpaired) electrons. The van der Waals surface area contributed by atoms with Crippen LogP contribution in [-0.4, -0.2) is 49.2 Å². The molecule has 0 unspecified atom stereocenters. The zero-order valence-electron chi connectivity index (χ0n) is 5.38. The van der Waals surface area contributed by atoms with Crippen LogP contribution >= 0.6 is 0 Å². The van der Waals surface area contributed by atoms with E-state index in [4.69, 9.17) is 15.0 Å². The van der Waals surface area contributed by atoms with Crippen molar-refractivity contribution in [3.63, 3.8) is 0 Å². The Hall–Kier alpha value is 0.134. The van der Waals surface area contributed by atoms with Crippen LogP contribution in [0, 0.1) is 0 Å². The Labute approximate surface area is 86.8 Å². The van der Waals surface area contributed by atoms with Crippen molar-refractivity contribution in [3.05, 3.63) is 0 Å². The Bertz CT molecular complexity index is 32.5. The molecule has 0 saturated carbocycles. The van der Waals surface area contributed by atoms with Crippen molar-refractivity contribution in [1.29, 1.82) is 0 Å². The van der Waals surface area contributed by atoms with Crippen LogP contribution in [0.2, 0.25) is 0 Å². The molecular weight excluding hydrogens is 245 g/mol. The molecule has 0 aliphatic rings. The second kappa shape index (κ2) is 86.1. The van der Waals surface area contributed by atoms with Gasteiger partial charge in [-0.1, -0.05) is 0 Å². The minimum atomic E-state index is -1.83. The Kier molecular flexibility index (Phi) is 911. The molecule has 0 aromatic carbocycles. The molecule has 0 aromatic rings. The number of carbonyl (C=O) groups is 1. The van der Waals surface area contributed by atoms with Gasteiger partial charge in [0.15, 0.2) is 0 Å². The molecule has 0 heterocycles. The molecule has 0 rings (SSSR count). The standard InChI is InChI=1S/CH2O3.6H2O.Y/c2-1(3)4;;;;;;;/h(H2,2,3,4);6*1H2;. The van der Waals surface area contributed by atoms with Crippen molar-refractivity contribution in [3.8, 4) is 0 Å². The van der Waals surface area contributed by atoms with Crippen molar-refractivity contribution in [2.45, 2.75) is 0 Å². The largest absolute Gasteiger partial charge is 0.503 e. The summed E-state index contributed by atoms with van der Waals surface area (Å²) in [5, 5.41) is 13.9. The van der Waals surface area contributed by atoms with E-state index in [0.29, 0.717) is 0 Å². The monoisotopic (exact) mass is 259 g/mol. The van der Waals surface area contributed by atoms with E-state index in [2.05, 4.69) is 0 Å². The van der Waals surface area contributed by atoms with Crippen LogP contribution in [-0.2, 0) is 32.7 Å². The Morgan fingerprint density at radius 1 is 0.727 bits per heavy atom. The number of carboxylic acid groups (broad SMARTS) is 2. The first kappa shape index (κ1) is 116. The molecule has 11 heavy (non-hydrogen) atoms. The van der Waals surface area contributed by atoms with E-state index >= 15 is 0 Å². The third-order valence-electron chi connectivity index (χ3n) is 0. The van der Waals surface area contributed by atoms with Gasteiger partial charge in [0.2, 0.25) is 0 Å². The minimum Gasteiger partial charge on any atom is -0.450 e. The van der Waals surface area contributed by atoms with Gasteiger partial charge in [0.05, 0.1) is 0 Å². The molecule has 0 aliphatic carbocycles. The number of hydrogen-bond acceptors (Lipinski definition) is 1.